The summed E-state index contributed by atoms with van der Waals surface area (Å²) in [7, 11) is -3.06. The SMILES string of the molecule is CC1C/C(=C/c2ccccc2)c2nc3ccccc3c(C(=O)N3CCS(=O)(=O)CC3)c2C1. The molecule has 0 saturated carbocycles. The number of hydrogen-bond donors (Lipinski definition) is 0. The van der Waals surface area contributed by atoms with E-state index in [1.54, 1.807) is 4.90 Å². The van der Waals surface area contributed by atoms with Crippen molar-refractivity contribution in [2.45, 2.75) is 19.8 Å². The summed E-state index contributed by atoms with van der Waals surface area (Å²) in [5.41, 5.74) is 5.64. The van der Waals surface area contributed by atoms with Gasteiger partial charge < -0.3 is 4.90 Å². The summed E-state index contributed by atoms with van der Waals surface area (Å²) in [6, 6.07) is 18.0. The molecule has 164 valence electrons. The molecule has 0 spiro atoms. The Morgan fingerprint density at radius 2 is 1.69 bits per heavy atom. The number of benzene rings is 2. The summed E-state index contributed by atoms with van der Waals surface area (Å²) in [4.78, 5) is 20.5. The van der Waals surface area contributed by atoms with Crippen LogP contribution in [0.25, 0.3) is 22.6 Å². The fraction of sp³-hybridized carbons (Fsp3) is 0.308. The first-order chi connectivity index (χ1) is 15.4. The summed E-state index contributed by atoms with van der Waals surface area (Å²) in [6.07, 6.45) is 3.87. The molecule has 1 aromatic heterocycles. The first-order valence-electron chi connectivity index (χ1n) is 11.1. The number of rotatable bonds is 2. The molecule has 1 aliphatic heterocycles. The highest BCUT2D eigenvalue weighted by atomic mass is 32.2. The number of nitrogens with zero attached hydrogens (tertiary/aromatic N) is 2. The molecule has 3 aromatic rings. The van der Waals surface area contributed by atoms with E-state index in [1.807, 2.05) is 42.5 Å². The Bertz CT molecular complexity index is 1320. The van der Waals surface area contributed by atoms with Gasteiger partial charge in [-0.3, -0.25) is 4.79 Å². The van der Waals surface area contributed by atoms with Crippen LogP contribution in [0.1, 0.15) is 40.5 Å². The number of carbonyl (C=O) groups excluding carboxylic acids is 1. The second-order valence-electron chi connectivity index (χ2n) is 8.87. The van der Waals surface area contributed by atoms with E-state index in [0.29, 0.717) is 11.5 Å². The highest BCUT2D eigenvalue weighted by Crippen LogP contribution is 2.39. The third-order valence-corrected chi connectivity index (χ3v) is 8.01. The third-order valence-electron chi connectivity index (χ3n) is 6.40. The quantitative estimate of drug-likeness (QED) is 0.591. The summed E-state index contributed by atoms with van der Waals surface area (Å²) in [5, 5.41) is 0.845. The predicted molar refractivity (Wildman–Crippen MR) is 128 cm³/mol. The molecule has 1 fully saturated rings. The fourth-order valence-electron chi connectivity index (χ4n) is 4.80. The van der Waals surface area contributed by atoms with E-state index in [9.17, 15) is 13.2 Å². The van der Waals surface area contributed by atoms with E-state index >= 15 is 0 Å². The molecule has 0 radical (unpaired) electrons. The van der Waals surface area contributed by atoms with Gasteiger partial charge in [-0.1, -0.05) is 55.5 Å². The number of allylic oxidation sites excluding steroid dienone is 1. The van der Waals surface area contributed by atoms with Crippen LogP contribution >= 0.6 is 0 Å². The third kappa shape index (κ3) is 3.95. The maximum atomic E-state index is 13.8. The number of hydrogen-bond acceptors (Lipinski definition) is 4. The van der Waals surface area contributed by atoms with Crippen molar-refractivity contribution in [2.75, 3.05) is 24.6 Å². The van der Waals surface area contributed by atoms with E-state index in [4.69, 9.17) is 4.98 Å². The van der Waals surface area contributed by atoms with Gasteiger partial charge in [0.2, 0.25) is 0 Å². The molecule has 2 aromatic carbocycles. The highest BCUT2D eigenvalue weighted by molar-refractivity contribution is 7.91. The van der Waals surface area contributed by atoms with Crippen molar-refractivity contribution in [1.82, 2.24) is 9.88 Å². The molecule has 0 bridgehead atoms. The lowest BCUT2D eigenvalue weighted by Crippen LogP contribution is -2.44. The molecule has 32 heavy (non-hydrogen) atoms. The number of sulfone groups is 1. The first-order valence-corrected chi connectivity index (χ1v) is 12.9. The Morgan fingerprint density at radius 1 is 1.00 bits per heavy atom. The molecule has 1 aliphatic carbocycles. The second kappa shape index (κ2) is 8.17. The Hall–Kier alpha value is -2.99. The van der Waals surface area contributed by atoms with Crippen molar-refractivity contribution in [3.8, 4) is 0 Å². The Balaban J connectivity index is 1.67. The minimum absolute atomic E-state index is 0.0273. The number of para-hydroxylation sites is 1. The van der Waals surface area contributed by atoms with Gasteiger partial charge in [0.1, 0.15) is 0 Å². The van der Waals surface area contributed by atoms with Gasteiger partial charge in [-0.15, -0.1) is 0 Å². The molecule has 5 rings (SSSR count). The van der Waals surface area contributed by atoms with Gasteiger partial charge in [0.25, 0.3) is 5.91 Å². The molecule has 2 aliphatic rings. The van der Waals surface area contributed by atoms with Crippen LogP contribution in [-0.4, -0.2) is 48.8 Å². The van der Waals surface area contributed by atoms with E-state index in [0.717, 1.165) is 46.1 Å². The van der Waals surface area contributed by atoms with Crippen molar-refractivity contribution in [1.29, 1.82) is 0 Å². The maximum absolute atomic E-state index is 13.8. The molecule has 5 nitrogen and oxygen atoms in total. The van der Waals surface area contributed by atoms with E-state index < -0.39 is 9.84 Å². The monoisotopic (exact) mass is 446 g/mol. The standard InChI is InChI=1S/C26H26N2O3S/c1-18-15-20(17-19-7-3-2-4-8-19)25-22(16-18)24(21-9-5-6-10-23(21)27-25)26(29)28-11-13-32(30,31)14-12-28/h2-10,17-18H,11-16H2,1H3/b20-17-. The summed E-state index contributed by atoms with van der Waals surface area (Å²) in [6.45, 7) is 2.70. The van der Waals surface area contributed by atoms with E-state index in [1.165, 1.54) is 0 Å². The van der Waals surface area contributed by atoms with Crippen LogP contribution in [-0.2, 0) is 16.3 Å². The van der Waals surface area contributed by atoms with Crippen molar-refractivity contribution in [3.63, 3.8) is 0 Å². The van der Waals surface area contributed by atoms with Gasteiger partial charge in [-0.2, -0.15) is 0 Å². The van der Waals surface area contributed by atoms with Crippen LogP contribution in [0, 0.1) is 5.92 Å². The molecule has 1 atom stereocenters. The fourth-order valence-corrected chi connectivity index (χ4v) is 6.01. The van der Waals surface area contributed by atoms with Crippen LogP contribution in [0.15, 0.2) is 54.6 Å². The van der Waals surface area contributed by atoms with Gasteiger partial charge in [-0.25, -0.2) is 13.4 Å². The number of fused-ring (bicyclic) bond motifs is 2. The topological polar surface area (TPSA) is 67.3 Å². The summed E-state index contributed by atoms with van der Waals surface area (Å²) >= 11 is 0. The normalized spacial score (nSPS) is 21.5. The van der Waals surface area contributed by atoms with Gasteiger partial charge >= 0.3 is 0 Å². The molecular formula is C26H26N2O3S. The molecule has 1 amide bonds. The lowest BCUT2D eigenvalue weighted by Gasteiger charge is -2.31. The second-order valence-corrected chi connectivity index (χ2v) is 11.2. The molecule has 6 heteroatoms. The number of carbonyl (C=O) groups is 1. The molecule has 0 N–H and O–H groups in total. The molecule has 2 heterocycles. The van der Waals surface area contributed by atoms with Crippen molar-refractivity contribution in [3.05, 3.63) is 77.0 Å². The molecular weight excluding hydrogens is 420 g/mol. The lowest BCUT2D eigenvalue weighted by atomic mass is 9.80. The maximum Gasteiger partial charge on any atom is 0.254 e. The van der Waals surface area contributed by atoms with Crippen molar-refractivity contribution in [2.24, 2.45) is 5.92 Å². The van der Waals surface area contributed by atoms with Gasteiger partial charge in [0.05, 0.1) is 28.3 Å². The lowest BCUT2D eigenvalue weighted by molar-refractivity contribution is 0.0770. The minimum atomic E-state index is -3.06. The van der Waals surface area contributed by atoms with Gasteiger partial charge in [0, 0.05) is 18.5 Å². The van der Waals surface area contributed by atoms with Crippen LogP contribution in [0.3, 0.4) is 0 Å². The van der Waals surface area contributed by atoms with E-state index in [2.05, 4.69) is 25.1 Å². The van der Waals surface area contributed by atoms with Gasteiger partial charge in [-0.05, 0) is 47.6 Å². The zero-order chi connectivity index (χ0) is 22.3. The number of amides is 1. The average Bonchev–Trinajstić information content (AvgIpc) is 2.78. The number of pyridine rings is 1. The Morgan fingerprint density at radius 3 is 2.44 bits per heavy atom. The van der Waals surface area contributed by atoms with Crippen molar-refractivity contribution < 1.29 is 13.2 Å². The minimum Gasteiger partial charge on any atom is -0.337 e. The van der Waals surface area contributed by atoms with Crippen LogP contribution in [0.4, 0.5) is 0 Å². The summed E-state index contributed by atoms with van der Waals surface area (Å²) < 4.78 is 23.8. The molecule has 1 saturated heterocycles. The van der Waals surface area contributed by atoms with E-state index in [-0.39, 0.29) is 30.5 Å². The summed E-state index contributed by atoms with van der Waals surface area (Å²) in [5.74, 6) is 0.357. The van der Waals surface area contributed by atoms with Crippen LogP contribution in [0.2, 0.25) is 0 Å². The largest absolute Gasteiger partial charge is 0.337 e. The number of aromatic nitrogens is 1. The van der Waals surface area contributed by atoms with Crippen LogP contribution < -0.4 is 0 Å². The van der Waals surface area contributed by atoms with Crippen molar-refractivity contribution >= 4 is 38.3 Å². The Labute approximate surface area is 188 Å². The Kier molecular flexibility index (Phi) is 5.33. The van der Waals surface area contributed by atoms with Gasteiger partial charge in [0.15, 0.2) is 9.84 Å². The zero-order valence-electron chi connectivity index (χ0n) is 18.1. The first kappa shape index (κ1) is 20.9. The highest BCUT2D eigenvalue weighted by Gasteiger charge is 2.32. The molecule has 1 unspecified atom stereocenters. The predicted octanol–water partition coefficient (Wildman–Crippen LogP) is 4.23. The van der Waals surface area contributed by atoms with Crippen LogP contribution in [0.5, 0.6) is 0 Å². The zero-order valence-corrected chi connectivity index (χ0v) is 18.9. The average molecular weight is 447 g/mol. The smallest absolute Gasteiger partial charge is 0.254 e.